The summed E-state index contributed by atoms with van der Waals surface area (Å²) in [5.41, 5.74) is 2.19. The summed E-state index contributed by atoms with van der Waals surface area (Å²) < 4.78 is 2.59. The topological polar surface area (TPSA) is 69.8 Å². The van der Waals surface area contributed by atoms with Gasteiger partial charge < -0.3 is 0 Å². The SMILES string of the molecule is Cc1cccc(Cn2c(=O)c3cnc(-c4ccc(Cl)cc4)nc3n(C)c2=O)c1. The molecule has 0 amide bonds. The summed E-state index contributed by atoms with van der Waals surface area (Å²) in [4.78, 5) is 34.5. The standard InChI is InChI=1S/C21H17ClN4O2/c1-13-4-3-5-14(10-13)12-26-20(27)17-11-23-18(15-6-8-16(22)9-7-15)24-19(17)25(2)21(26)28/h3-11H,12H2,1-2H3. The van der Waals surface area contributed by atoms with E-state index >= 15 is 0 Å². The maximum Gasteiger partial charge on any atom is 0.332 e. The van der Waals surface area contributed by atoms with Gasteiger partial charge in [0, 0.05) is 23.8 Å². The number of aromatic nitrogens is 4. The van der Waals surface area contributed by atoms with E-state index in [1.807, 2.05) is 31.2 Å². The van der Waals surface area contributed by atoms with Gasteiger partial charge in [0.25, 0.3) is 5.56 Å². The Morgan fingerprint density at radius 3 is 2.54 bits per heavy atom. The van der Waals surface area contributed by atoms with Crippen LogP contribution in [0.3, 0.4) is 0 Å². The van der Waals surface area contributed by atoms with Crippen LogP contribution < -0.4 is 11.2 Å². The van der Waals surface area contributed by atoms with Crippen LogP contribution in [0.1, 0.15) is 11.1 Å². The largest absolute Gasteiger partial charge is 0.332 e. The van der Waals surface area contributed by atoms with Crippen molar-refractivity contribution >= 4 is 22.6 Å². The Kier molecular flexibility index (Phi) is 4.57. The van der Waals surface area contributed by atoms with Crippen LogP contribution in [-0.2, 0) is 13.6 Å². The van der Waals surface area contributed by atoms with Crippen LogP contribution in [0.4, 0.5) is 0 Å². The molecule has 0 aliphatic heterocycles. The highest BCUT2D eigenvalue weighted by Gasteiger charge is 2.14. The predicted octanol–water partition coefficient (Wildman–Crippen LogP) is 3.17. The number of hydrogen-bond donors (Lipinski definition) is 0. The summed E-state index contributed by atoms with van der Waals surface area (Å²) in [5.74, 6) is 0.426. The van der Waals surface area contributed by atoms with Crippen LogP contribution in [0.25, 0.3) is 22.4 Å². The molecule has 0 atom stereocenters. The molecule has 0 bridgehead atoms. The Morgan fingerprint density at radius 1 is 1.07 bits per heavy atom. The minimum absolute atomic E-state index is 0.196. The molecule has 0 aliphatic rings. The third kappa shape index (κ3) is 3.23. The van der Waals surface area contributed by atoms with E-state index in [1.165, 1.54) is 15.3 Å². The quantitative estimate of drug-likeness (QED) is 0.537. The highest BCUT2D eigenvalue weighted by Crippen LogP contribution is 2.19. The number of halogens is 1. The Hall–Kier alpha value is -3.25. The van der Waals surface area contributed by atoms with E-state index in [0.717, 1.165) is 16.7 Å². The van der Waals surface area contributed by atoms with Crippen molar-refractivity contribution in [2.75, 3.05) is 0 Å². The van der Waals surface area contributed by atoms with E-state index in [2.05, 4.69) is 9.97 Å². The molecule has 4 rings (SSSR count). The van der Waals surface area contributed by atoms with E-state index in [1.54, 1.807) is 31.3 Å². The molecule has 2 aromatic heterocycles. The molecule has 0 saturated heterocycles. The van der Waals surface area contributed by atoms with Crippen molar-refractivity contribution in [1.29, 1.82) is 0 Å². The van der Waals surface area contributed by atoms with Crippen LogP contribution in [0.2, 0.25) is 5.02 Å². The van der Waals surface area contributed by atoms with Crippen LogP contribution in [-0.4, -0.2) is 19.1 Å². The molecule has 0 radical (unpaired) electrons. The second kappa shape index (κ2) is 7.05. The molecule has 7 heteroatoms. The number of hydrogen-bond acceptors (Lipinski definition) is 4. The van der Waals surface area contributed by atoms with Crippen molar-refractivity contribution in [3.63, 3.8) is 0 Å². The highest BCUT2D eigenvalue weighted by molar-refractivity contribution is 6.30. The van der Waals surface area contributed by atoms with Gasteiger partial charge >= 0.3 is 5.69 Å². The lowest BCUT2D eigenvalue weighted by Gasteiger charge is -2.11. The van der Waals surface area contributed by atoms with Gasteiger partial charge in [0.2, 0.25) is 0 Å². The summed E-state index contributed by atoms with van der Waals surface area (Å²) in [7, 11) is 1.61. The first-order chi connectivity index (χ1) is 13.4. The van der Waals surface area contributed by atoms with Crippen LogP contribution in [0.5, 0.6) is 0 Å². The molecule has 4 aromatic rings. The van der Waals surface area contributed by atoms with Crippen molar-refractivity contribution in [3.05, 3.63) is 91.7 Å². The zero-order valence-electron chi connectivity index (χ0n) is 15.4. The monoisotopic (exact) mass is 392 g/mol. The minimum Gasteiger partial charge on any atom is -0.280 e. The van der Waals surface area contributed by atoms with Gasteiger partial charge in [-0.25, -0.2) is 14.8 Å². The van der Waals surface area contributed by atoms with Gasteiger partial charge in [0.15, 0.2) is 11.5 Å². The number of rotatable bonds is 3. The lowest BCUT2D eigenvalue weighted by atomic mass is 10.1. The van der Waals surface area contributed by atoms with Gasteiger partial charge in [0.1, 0.15) is 5.39 Å². The summed E-state index contributed by atoms with van der Waals surface area (Å²) in [6.07, 6.45) is 1.47. The van der Waals surface area contributed by atoms with Crippen molar-refractivity contribution < 1.29 is 0 Å². The molecule has 2 aromatic carbocycles. The summed E-state index contributed by atoms with van der Waals surface area (Å²) in [6, 6.07) is 14.8. The van der Waals surface area contributed by atoms with E-state index < -0.39 is 11.2 Å². The highest BCUT2D eigenvalue weighted by atomic mass is 35.5. The van der Waals surface area contributed by atoms with Gasteiger partial charge in [-0.15, -0.1) is 0 Å². The fourth-order valence-electron chi connectivity index (χ4n) is 3.15. The predicted molar refractivity (Wildman–Crippen MR) is 110 cm³/mol. The molecule has 0 N–H and O–H groups in total. The summed E-state index contributed by atoms with van der Waals surface area (Å²) in [5, 5.41) is 0.906. The number of nitrogens with zero attached hydrogens (tertiary/aromatic N) is 4. The first kappa shape index (κ1) is 18.1. The van der Waals surface area contributed by atoms with Crippen LogP contribution >= 0.6 is 11.6 Å². The van der Waals surface area contributed by atoms with E-state index in [0.29, 0.717) is 21.9 Å². The van der Waals surface area contributed by atoms with Crippen molar-refractivity contribution in [2.24, 2.45) is 7.05 Å². The molecule has 2 heterocycles. The maximum atomic E-state index is 12.9. The van der Waals surface area contributed by atoms with Gasteiger partial charge in [-0.3, -0.25) is 13.9 Å². The van der Waals surface area contributed by atoms with Gasteiger partial charge in [-0.05, 0) is 36.8 Å². The first-order valence-corrected chi connectivity index (χ1v) is 9.10. The lowest BCUT2D eigenvalue weighted by Crippen LogP contribution is -2.39. The third-order valence-electron chi connectivity index (χ3n) is 4.61. The first-order valence-electron chi connectivity index (χ1n) is 8.72. The van der Waals surface area contributed by atoms with Gasteiger partial charge in [-0.2, -0.15) is 0 Å². The molecule has 140 valence electrons. The number of aryl methyl sites for hydroxylation is 2. The third-order valence-corrected chi connectivity index (χ3v) is 4.86. The van der Waals surface area contributed by atoms with Crippen molar-refractivity contribution in [1.82, 2.24) is 19.1 Å². The normalized spacial score (nSPS) is 11.1. The second-order valence-electron chi connectivity index (χ2n) is 6.66. The van der Waals surface area contributed by atoms with E-state index in [-0.39, 0.29) is 6.54 Å². The maximum absolute atomic E-state index is 12.9. The molecule has 0 saturated carbocycles. The molecule has 28 heavy (non-hydrogen) atoms. The second-order valence-corrected chi connectivity index (χ2v) is 7.10. The molecule has 0 aliphatic carbocycles. The molecule has 0 spiro atoms. The summed E-state index contributed by atoms with van der Waals surface area (Å²) in [6.45, 7) is 2.17. The van der Waals surface area contributed by atoms with Crippen LogP contribution in [0.15, 0.2) is 64.3 Å². The van der Waals surface area contributed by atoms with E-state index in [4.69, 9.17) is 11.6 Å². The Morgan fingerprint density at radius 2 is 1.82 bits per heavy atom. The number of fused-ring (bicyclic) bond motifs is 1. The minimum atomic E-state index is -0.417. The van der Waals surface area contributed by atoms with Crippen LogP contribution in [0, 0.1) is 6.92 Å². The fourth-order valence-corrected chi connectivity index (χ4v) is 3.28. The molecular weight excluding hydrogens is 376 g/mol. The molecular formula is C21H17ClN4O2. The Bertz CT molecular complexity index is 1310. The molecule has 6 nitrogen and oxygen atoms in total. The Labute approximate surface area is 165 Å². The summed E-state index contributed by atoms with van der Waals surface area (Å²) >= 11 is 5.92. The smallest absolute Gasteiger partial charge is 0.280 e. The van der Waals surface area contributed by atoms with Gasteiger partial charge in [-0.1, -0.05) is 41.4 Å². The Balaban J connectivity index is 1.87. The van der Waals surface area contributed by atoms with Gasteiger partial charge in [0.05, 0.1) is 6.54 Å². The molecule has 0 unspecified atom stereocenters. The zero-order valence-corrected chi connectivity index (χ0v) is 16.1. The van der Waals surface area contributed by atoms with Crippen molar-refractivity contribution in [2.45, 2.75) is 13.5 Å². The lowest BCUT2D eigenvalue weighted by molar-refractivity contribution is 0.656. The fraction of sp³-hybridized carbons (Fsp3) is 0.143. The van der Waals surface area contributed by atoms with Crippen molar-refractivity contribution in [3.8, 4) is 11.4 Å². The van der Waals surface area contributed by atoms with E-state index in [9.17, 15) is 9.59 Å². The molecule has 0 fully saturated rings. The average molecular weight is 393 g/mol. The number of benzene rings is 2. The average Bonchev–Trinajstić information content (AvgIpc) is 2.70. The zero-order chi connectivity index (χ0) is 19.8.